The number of nitrogens with zero attached hydrogens (tertiary/aromatic N) is 2. The van der Waals surface area contributed by atoms with Crippen LogP contribution in [0, 0.1) is 5.92 Å². The molecular weight excluding hydrogens is 244 g/mol. The van der Waals surface area contributed by atoms with Gasteiger partial charge in [0.2, 0.25) is 11.8 Å². The normalized spacial score (nSPS) is 25.1. The van der Waals surface area contributed by atoms with Crippen LogP contribution < -0.4 is 10.6 Å². The summed E-state index contributed by atoms with van der Waals surface area (Å²) in [5.74, 6) is 0.181. The van der Waals surface area contributed by atoms with Crippen molar-refractivity contribution in [2.24, 2.45) is 5.92 Å². The summed E-state index contributed by atoms with van der Waals surface area (Å²) in [6.07, 6.45) is 1.81. The van der Waals surface area contributed by atoms with Crippen molar-refractivity contribution in [3.05, 3.63) is 0 Å². The number of likely N-dealkylation sites (tertiary alicyclic amines) is 1. The number of rotatable bonds is 3. The summed E-state index contributed by atoms with van der Waals surface area (Å²) in [6.45, 7) is 5.62. The standard InChI is InChI=1S/C13H24N4O2/c1-14-13(19)11-3-2-6-17(9-11)12(18)10-16-7-4-15-5-8-16/h11,15H,2-10H2,1H3,(H,14,19). The fourth-order valence-electron chi connectivity index (χ4n) is 2.78. The molecule has 1 atom stereocenters. The van der Waals surface area contributed by atoms with Gasteiger partial charge in [-0.15, -0.1) is 0 Å². The monoisotopic (exact) mass is 268 g/mol. The van der Waals surface area contributed by atoms with Crippen molar-refractivity contribution in [1.29, 1.82) is 0 Å². The van der Waals surface area contributed by atoms with E-state index in [2.05, 4.69) is 15.5 Å². The quantitative estimate of drug-likeness (QED) is 0.680. The zero-order valence-corrected chi connectivity index (χ0v) is 11.7. The third-order valence-electron chi connectivity index (χ3n) is 3.96. The van der Waals surface area contributed by atoms with Crippen LogP contribution in [0.3, 0.4) is 0 Å². The molecule has 2 aliphatic heterocycles. The molecule has 6 heteroatoms. The van der Waals surface area contributed by atoms with Crippen LogP contribution in [0.1, 0.15) is 12.8 Å². The first-order chi connectivity index (χ1) is 9.20. The van der Waals surface area contributed by atoms with Crippen molar-refractivity contribution >= 4 is 11.8 Å². The van der Waals surface area contributed by atoms with Crippen LogP contribution in [0.25, 0.3) is 0 Å². The van der Waals surface area contributed by atoms with Gasteiger partial charge in [-0.05, 0) is 12.8 Å². The van der Waals surface area contributed by atoms with Crippen molar-refractivity contribution < 1.29 is 9.59 Å². The summed E-state index contributed by atoms with van der Waals surface area (Å²) in [5, 5.41) is 5.96. The maximum atomic E-state index is 12.3. The number of piperazine rings is 1. The fourth-order valence-corrected chi connectivity index (χ4v) is 2.78. The lowest BCUT2D eigenvalue weighted by Crippen LogP contribution is -2.51. The van der Waals surface area contributed by atoms with Gasteiger partial charge in [0, 0.05) is 46.3 Å². The molecule has 0 aromatic heterocycles. The highest BCUT2D eigenvalue weighted by atomic mass is 16.2. The molecule has 2 rings (SSSR count). The third-order valence-corrected chi connectivity index (χ3v) is 3.96. The van der Waals surface area contributed by atoms with E-state index < -0.39 is 0 Å². The number of carbonyl (C=O) groups excluding carboxylic acids is 2. The molecule has 2 amide bonds. The Morgan fingerprint density at radius 1 is 1.26 bits per heavy atom. The van der Waals surface area contributed by atoms with E-state index in [4.69, 9.17) is 0 Å². The smallest absolute Gasteiger partial charge is 0.236 e. The lowest BCUT2D eigenvalue weighted by atomic mass is 9.97. The van der Waals surface area contributed by atoms with Gasteiger partial charge >= 0.3 is 0 Å². The molecule has 2 aliphatic rings. The number of amides is 2. The van der Waals surface area contributed by atoms with Crippen LogP contribution in [0.15, 0.2) is 0 Å². The molecule has 0 aliphatic carbocycles. The van der Waals surface area contributed by atoms with Crippen molar-refractivity contribution in [2.45, 2.75) is 12.8 Å². The highest BCUT2D eigenvalue weighted by molar-refractivity contribution is 5.82. The Morgan fingerprint density at radius 2 is 2.00 bits per heavy atom. The van der Waals surface area contributed by atoms with Crippen molar-refractivity contribution in [2.75, 3.05) is 52.9 Å². The Bertz CT molecular complexity index is 329. The molecule has 1 unspecified atom stereocenters. The number of piperidine rings is 1. The largest absolute Gasteiger partial charge is 0.359 e. The zero-order chi connectivity index (χ0) is 13.7. The minimum Gasteiger partial charge on any atom is -0.359 e. The van der Waals surface area contributed by atoms with Gasteiger partial charge in [0.05, 0.1) is 12.5 Å². The average molecular weight is 268 g/mol. The molecule has 0 saturated carbocycles. The minimum atomic E-state index is -0.0364. The fraction of sp³-hybridized carbons (Fsp3) is 0.846. The van der Waals surface area contributed by atoms with E-state index in [-0.39, 0.29) is 17.7 Å². The molecule has 2 N–H and O–H groups in total. The Hall–Kier alpha value is -1.14. The maximum Gasteiger partial charge on any atom is 0.236 e. The molecular formula is C13H24N4O2. The second-order valence-electron chi connectivity index (χ2n) is 5.32. The molecule has 0 radical (unpaired) electrons. The molecule has 19 heavy (non-hydrogen) atoms. The van der Waals surface area contributed by atoms with E-state index in [0.29, 0.717) is 13.1 Å². The summed E-state index contributed by atoms with van der Waals surface area (Å²) in [4.78, 5) is 27.9. The lowest BCUT2D eigenvalue weighted by molar-refractivity contribution is -0.136. The number of nitrogens with one attached hydrogen (secondary N) is 2. The molecule has 0 bridgehead atoms. The van der Waals surface area contributed by atoms with Crippen molar-refractivity contribution in [3.8, 4) is 0 Å². The lowest BCUT2D eigenvalue weighted by Gasteiger charge is -2.34. The third kappa shape index (κ3) is 3.91. The summed E-state index contributed by atoms with van der Waals surface area (Å²) < 4.78 is 0. The summed E-state index contributed by atoms with van der Waals surface area (Å²) in [5.41, 5.74) is 0. The van der Waals surface area contributed by atoms with E-state index in [9.17, 15) is 9.59 Å². The predicted molar refractivity (Wildman–Crippen MR) is 72.7 cm³/mol. The summed E-state index contributed by atoms with van der Waals surface area (Å²) >= 11 is 0. The van der Waals surface area contributed by atoms with E-state index >= 15 is 0 Å². The SMILES string of the molecule is CNC(=O)C1CCCN(C(=O)CN2CCNCC2)C1. The molecule has 0 spiro atoms. The highest BCUT2D eigenvalue weighted by Crippen LogP contribution is 2.16. The Labute approximate surface area is 114 Å². The van der Waals surface area contributed by atoms with Gasteiger partial charge in [-0.25, -0.2) is 0 Å². The topological polar surface area (TPSA) is 64.7 Å². The highest BCUT2D eigenvalue weighted by Gasteiger charge is 2.28. The Kier molecular flexibility index (Phi) is 5.15. The summed E-state index contributed by atoms with van der Waals surface area (Å²) in [7, 11) is 1.66. The summed E-state index contributed by atoms with van der Waals surface area (Å²) in [6, 6.07) is 0. The van der Waals surface area contributed by atoms with E-state index in [0.717, 1.165) is 45.6 Å². The minimum absolute atomic E-state index is 0.0364. The molecule has 0 aromatic carbocycles. The molecule has 2 saturated heterocycles. The van der Waals surface area contributed by atoms with E-state index in [1.165, 1.54) is 0 Å². The Morgan fingerprint density at radius 3 is 2.68 bits per heavy atom. The molecule has 2 heterocycles. The van der Waals surface area contributed by atoms with Crippen LogP contribution >= 0.6 is 0 Å². The molecule has 108 valence electrons. The molecule has 6 nitrogen and oxygen atoms in total. The number of hydrogen-bond acceptors (Lipinski definition) is 4. The van der Waals surface area contributed by atoms with Crippen molar-refractivity contribution in [1.82, 2.24) is 20.4 Å². The van der Waals surface area contributed by atoms with Gasteiger partial charge in [-0.3, -0.25) is 14.5 Å². The second kappa shape index (κ2) is 6.86. The van der Waals surface area contributed by atoms with Crippen LogP contribution in [0.5, 0.6) is 0 Å². The van der Waals surface area contributed by atoms with Crippen LogP contribution in [0.2, 0.25) is 0 Å². The first-order valence-corrected chi connectivity index (χ1v) is 7.13. The van der Waals surface area contributed by atoms with Crippen LogP contribution in [-0.2, 0) is 9.59 Å². The van der Waals surface area contributed by atoms with Crippen molar-refractivity contribution in [3.63, 3.8) is 0 Å². The van der Waals surface area contributed by atoms with Gasteiger partial charge < -0.3 is 15.5 Å². The number of carbonyl (C=O) groups is 2. The maximum absolute atomic E-state index is 12.3. The molecule has 2 fully saturated rings. The van der Waals surface area contributed by atoms with Crippen LogP contribution in [0.4, 0.5) is 0 Å². The first kappa shape index (κ1) is 14.3. The van der Waals surface area contributed by atoms with Gasteiger partial charge in [-0.2, -0.15) is 0 Å². The van der Waals surface area contributed by atoms with Gasteiger partial charge in [0.1, 0.15) is 0 Å². The van der Waals surface area contributed by atoms with E-state index in [1.807, 2.05) is 4.90 Å². The molecule has 0 aromatic rings. The van der Waals surface area contributed by atoms with Gasteiger partial charge in [0.25, 0.3) is 0 Å². The van der Waals surface area contributed by atoms with E-state index in [1.54, 1.807) is 7.05 Å². The zero-order valence-electron chi connectivity index (χ0n) is 11.7. The Balaban J connectivity index is 1.82. The van der Waals surface area contributed by atoms with Gasteiger partial charge in [0.15, 0.2) is 0 Å². The van der Waals surface area contributed by atoms with Crippen LogP contribution in [-0.4, -0.2) is 74.5 Å². The van der Waals surface area contributed by atoms with Gasteiger partial charge in [-0.1, -0.05) is 0 Å². The average Bonchev–Trinajstić information content (AvgIpc) is 2.47. The predicted octanol–water partition coefficient (Wildman–Crippen LogP) is -1.12. The second-order valence-corrected chi connectivity index (χ2v) is 5.32. The first-order valence-electron chi connectivity index (χ1n) is 7.13. The number of hydrogen-bond donors (Lipinski definition) is 2.